The van der Waals surface area contributed by atoms with Crippen LogP contribution in [0.25, 0.3) is 11.1 Å². The lowest BCUT2D eigenvalue weighted by Gasteiger charge is -2.24. The zero-order valence-corrected chi connectivity index (χ0v) is 13.3. The van der Waals surface area contributed by atoms with Crippen molar-refractivity contribution < 1.29 is 22.3 Å². The maximum atomic E-state index is 14.3. The molecule has 1 N–H and O–H groups in total. The van der Waals surface area contributed by atoms with Crippen LogP contribution in [-0.2, 0) is 14.6 Å². The fourth-order valence-electron chi connectivity index (χ4n) is 2.34. The first kappa shape index (κ1) is 15.5. The number of nitrogens with one attached hydrogen (secondary N) is 1. The number of carbonyl (C=O) groups is 1. The smallest absolute Gasteiger partial charge is 0.265 e. The first-order chi connectivity index (χ1) is 10.8. The molecule has 0 aliphatic carbocycles. The van der Waals surface area contributed by atoms with Crippen LogP contribution in [0.2, 0.25) is 0 Å². The van der Waals surface area contributed by atoms with Gasteiger partial charge in [0.15, 0.2) is 27.5 Å². The van der Waals surface area contributed by atoms with E-state index in [1.807, 2.05) is 0 Å². The van der Waals surface area contributed by atoms with Gasteiger partial charge in [-0.2, -0.15) is 0 Å². The second kappa shape index (κ2) is 5.34. The number of carbonyl (C=O) groups excluding carboxylic acids is 1. The largest absolute Gasteiger partial charge is 0.476 e. The van der Waals surface area contributed by atoms with Crippen molar-refractivity contribution in [3.8, 4) is 16.9 Å². The van der Waals surface area contributed by atoms with Crippen molar-refractivity contribution in [2.75, 3.05) is 11.6 Å². The molecule has 120 valence electrons. The van der Waals surface area contributed by atoms with Gasteiger partial charge >= 0.3 is 0 Å². The molecule has 5 nitrogen and oxygen atoms in total. The number of benzene rings is 2. The van der Waals surface area contributed by atoms with Crippen molar-refractivity contribution >= 4 is 21.4 Å². The van der Waals surface area contributed by atoms with Gasteiger partial charge in [0.05, 0.1) is 10.6 Å². The van der Waals surface area contributed by atoms with Crippen LogP contribution in [0.3, 0.4) is 0 Å². The minimum absolute atomic E-state index is 0.0138. The van der Waals surface area contributed by atoms with E-state index in [0.717, 1.165) is 6.26 Å². The van der Waals surface area contributed by atoms with E-state index in [9.17, 15) is 17.6 Å². The predicted molar refractivity (Wildman–Crippen MR) is 83.7 cm³/mol. The molecule has 0 saturated heterocycles. The lowest BCUT2D eigenvalue weighted by Crippen LogP contribution is -2.34. The van der Waals surface area contributed by atoms with E-state index >= 15 is 0 Å². The topological polar surface area (TPSA) is 72.5 Å². The molecule has 23 heavy (non-hydrogen) atoms. The Morgan fingerprint density at radius 3 is 2.61 bits per heavy atom. The van der Waals surface area contributed by atoms with Crippen LogP contribution in [-0.4, -0.2) is 26.7 Å². The average molecular weight is 335 g/mol. The highest BCUT2D eigenvalue weighted by Crippen LogP contribution is 2.37. The van der Waals surface area contributed by atoms with Crippen LogP contribution in [0.5, 0.6) is 5.75 Å². The van der Waals surface area contributed by atoms with Crippen molar-refractivity contribution in [1.29, 1.82) is 0 Å². The molecule has 1 atom stereocenters. The monoisotopic (exact) mass is 335 g/mol. The molecule has 0 fully saturated rings. The normalized spacial score (nSPS) is 17.2. The van der Waals surface area contributed by atoms with Crippen LogP contribution in [0.15, 0.2) is 41.3 Å². The molecule has 0 aromatic heterocycles. The van der Waals surface area contributed by atoms with Crippen molar-refractivity contribution in [2.45, 2.75) is 17.9 Å². The molecular formula is C16H14FNO4S. The zero-order chi connectivity index (χ0) is 16.8. The third-order valence-electron chi connectivity index (χ3n) is 3.56. The highest BCUT2D eigenvalue weighted by atomic mass is 32.2. The molecule has 1 heterocycles. The number of anilines is 1. The lowest BCUT2D eigenvalue weighted by molar-refractivity contribution is -0.122. The van der Waals surface area contributed by atoms with E-state index in [4.69, 9.17) is 4.74 Å². The first-order valence-corrected chi connectivity index (χ1v) is 8.76. The number of ether oxygens (including phenoxy) is 1. The Labute approximate surface area is 133 Å². The Morgan fingerprint density at radius 2 is 1.91 bits per heavy atom. The van der Waals surface area contributed by atoms with E-state index in [1.54, 1.807) is 18.2 Å². The van der Waals surface area contributed by atoms with Gasteiger partial charge < -0.3 is 10.1 Å². The van der Waals surface area contributed by atoms with Gasteiger partial charge in [-0.05, 0) is 42.3 Å². The second-order valence-corrected chi connectivity index (χ2v) is 7.40. The van der Waals surface area contributed by atoms with Crippen molar-refractivity contribution in [1.82, 2.24) is 0 Å². The van der Waals surface area contributed by atoms with Crippen molar-refractivity contribution in [2.24, 2.45) is 0 Å². The van der Waals surface area contributed by atoms with Gasteiger partial charge in [0, 0.05) is 6.26 Å². The zero-order valence-electron chi connectivity index (χ0n) is 12.5. The number of fused-ring (bicyclic) bond motifs is 1. The minimum Gasteiger partial charge on any atom is -0.476 e. The summed E-state index contributed by atoms with van der Waals surface area (Å²) >= 11 is 0. The summed E-state index contributed by atoms with van der Waals surface area (Å²) in [4.78, 5) is 11.8. The van der Waals surface area contributed by atoms with E-state index in [0.29, 0.717) is 11.1 Å². The molecule has 7 heteroatoms. The van der Waals surface area contributed by atoms with Gasteiger partial charge in [0.2, 0.25) is 0 Å². The molecule has 2 aromatic rings. The summed E-state index contributed by atoms with van der Waals surface area (Å²) in [6.45, 7) is 1.53. The lowest BCUT2D eigenvalue weighted by atomic mass is 10.0. The highest BCUT2D eigenvalue weighted by molar-refractivity contribution is 7.90. The summed E-state index contributed by atoms with van der Waals surface area (Å²) in [5, 5.41) is 2.58. The quantitative estimate of drug-likeness (QED) is 0.916. The van der Waals surface area contributed by atoms with Gasteiger partial charge in [0.1, 0.15) is 0 Å². The molecule has 0 saturated carbocycles. The standard InChI is InChI=1S/C16H14FNO4S/c1-9-16(19)18-14-8-11(7-13(17)15(14)22-9)10-4-3-5-12(6-10)23(2,20)21/h3-9H,1-2H3,(H,18,19)/t9-/m1/s1. The molecule has 0 unspecified atom stereocenters. The Morgan fingerprint density at radius 1 is 1.17 bits per heavy atom. The number of sulfone groups is 1. The fraction of sp³-hybridized carbons (Fsp3) is 0.188. The summed E-state index contributed by atoms with van der Waals surface area (Å²) in [6, 6.07) is 9.00. The number of hydrogen-bond donors (Lipinski definition) is 1. The van der Waals surface area contributed by atoms with Gasteiger partial charge in [-0.1, -0.05) is 12.1 Å². The maximum absolute atomic E-state index is 14.3. The van der Waals surface area contributed by atoms with Gasteiger partial charge in [-0.15, -0.1) is 0 Å². The van der Waals surface area contributed by atoms with Crippen LogP contribution < -0.4 is 10.1 Å². The summed E-state index contributed by atoms with van der Waals surface area (Å²) in [5.41, 5.74) is 1.21. The van der Waals surface area contributed by atoms with Crippen LogP contribution in [0.4, 0.5) is 10.1 Å². The average Bonchev–Trinajstić information content (AvgIpc) is 2.48. The molecule has 1 amide bonds. The Kier molecular flexibility index (Phi) is 3.60. The van der Waals surface area contributed by atoms with Gasteiger partial charge in [-0.3, -0.25) is 4.79 Å². The fourth-order valence-corrected chi connectivity index (χ4v) is 3.01. The number of amides is 1. The van der Waals surface area contributed by atoms with E-state index in [1.165, 1.54) is 25.1 Å². The third-order valence-corrected chi connectivity index (χ3v) is 4.67. The van der Waals surface area contributed by atoms with Gasteiger partial charge in [0.25, 0.3) is 5.91 Å². The second-order valence-electron chi connectivity index (χ2n) is 5.38. The molecule has 2 aromatic carbocycles. The van der Waals surface area contributed by atoms with Crippen molar-refractivity contribution in [3.05, 3.63) is 42.2 Å². The molecular weight excluding hydrogens is 321 g/mol. The molecule has 0 radical (unpaired) electrons. The van der Waals surface area contributed by atoms with Crippen LogP contribution in [0, 0.1) is 5.82 Å². The summed E-state index contributed by atoms with van der Waals surface area (Å²) < 4.78 is 42.8. The van der Waals surface area contributed by atoms with Crippen LogP contribution in [0.1, 0.15) is 6.92 Å². The summed E-state index contributed by atoms with van der Waals surface area (Å²) in [7, 11) is -3.37. The Hall–Kier alpha value is -2.41. The predicted octanol–water partition coefficient (Wildman–Crippen LogP) is 2.62. The SMILES string of the molecule is C[C@H]1Oc2c(F)cc(-c3cccc(S(C)(=O)=O)c3)cc2NC1=O. The molecule has 0 bridgehead atoms. The maximum Gasteiger partial charge on any atom is 0.265 e. The Balaban J connectivity index is 2.11. The highest BCUT2D eigenvalue weighted by Gasteiger charge is 2.27. The molecule has 3 rings (SSSR count). The number of halogens is 1. The molecule has 0 spiro atoms. The summed E-state index contributed by atoms with van der Waals surface area (Å²) in [5.74, 6) is -0.992. The number of hydrogen-bond acceptors (Lipinski definition) is 4. The third kappa shape index (κ3) is 2.92. The van der Waals surface area contributed by atoms with Crippen LogP contribution >= 0.6 is 0 Å². The Bertz CT molecular complexity index is 908. The van der Waals surface area contributed by atoms with E-state index in [2.05, 4.69) is 5.32 Å². The van der Waals surface area contributed by atoms with E-state index < -0.39 is 21.8 Å². The molecule has 1 aliphatic rings. The molecule has 1 aliphatic heterocycles. The van der Waals surface area contributed by atoms with Gasteiger partial charge in [-0.25, -0.2) is 12.8 Å². The first-order valence-electron chi connectivity index (χ1n) is 6.87. The minimum atomic E-state index is -3.37. The van der Waals surface area contributed by atoms with Crippen molar-refractivity contribution in [3.63, 3.8) is 0 Å². The van der Waals surface area contributed by atoms with E-state index in [-0.39, 0.29) is 22.2 Å². The summed E-state index contributed by atoms with van der Waals surface area (Å²) in [6.07, 6.45) is 0.339. The number of rotatable bonds is 2.